The summed E-state index contributed by atoms with van der Waals surface area (Å²) in [5.74, 6) is -0.674. The number of benzene rings is 2. The van der Waals surface area contributed by atoms with Crippen LogP contribution in [0.4, 0.5) is 39.5 Å². The first kappa shape index (κ1) is 26.4. The van der Waals surface area contributed by atoms with E-state index >= 15 is 0 Å². The van der Waals surface area contributed by atoms with Gasteiger partial charge in [0.25, 0.3) is 0 Å². The van der Waals surface area contributed by atoms with Gasteiger partial charge in [0.05, 0.1) is 23.6 Å². The second-order valence-corrected chi connectivity index (χ2v) is 9.05. The number of hydrogen-bond acceptors (Lipinski definition) is 6. The van der Waals surface area contributed by atoms with Crippen molar-refractivity contribution in [2.75, 3.05) is 42.7 Å². The molecule has 0 atom stereocenters. The van der Waals surface area contributed by atoms with Crippen molar-refractivity contribution in [1.29, 1.82) is 0 Å². The molecule has 2 aromatic heterocycles. The summed E-state index contributed by atoms with van der Waals surface area (Å²) >= 11 is 0. The van der Waals surface area contributed by atoms with Gasteiger partial charge in [-0.05, 0) is 48.4 Å². The number of nitrogen functional groups attached to an aromatic ring is 1. The largest absolute Gasteiger partial charge is 0.416 e. The number of carbonyl (C=O) groups is 1. The van der Waals surface area contributed by atoms with Crippen LogP contribution in [-0.4, -0.2) is 51.8 Å². The molecule has 0 radical (unpaired) electrons. The standard InChI is InChI=1S/C26H25F4N7O2/c27-21-7-4-17(26(28,29)30)12-22(21)35-25(38)34-18-5-2-16(3-6-18)20-13-19(14-36-8-1-10-39-11-9-36)37-23(20)24(31)32-15-33-37/h2-7,12-13,15H,1,8-11,14H2,(H2,31,32,33)(H2,34,35,38). The minimum absolute atomic E-state index is 0.315. The molecular formula is C26H25F4N7O2. The van der Waals surface area contributed by atoms with Crippen molar-refractivity contribution in [2.24, 2.45) is 0 Å². The molecule has 1 saturated heterocycles. The highest BCUT2D eigenvalue weighted by molar-refractivity contribution is 6.00. The van der Waals surface area contributed by atoms with E-state index < -0.39 is 29.3 Å². The summed E-state index contributed by atoms with van der Waals surface area (Å²) in [5.41, 5.74) is 8.07. The highest BCUT2D eigenvalue weighted by Crippen LogP contribution is 2.33. The number of nitrogens with one attached hydrogen (secondary N) is 2. The number of aromatic nitrogens is 3. The molecule has 1 aliphatic heterocycles. The van der Waals surface area contributed by atoms with Gasteiger partial charge in [-0.2, -0.15) is 18.3 Å². The highest BCUT2D eigenvalue weighted by Gasteiger charge is 2.31. The van der Waals surface area contributed by atoms with Crippen LogP contribution in [0.3, 0.4) is 0 Å². The number of urea groups is 1. The molecule has 1 fully saturated rings. The lowest BCUT2D eigenvalue weighted by Crippen LogP contribution is -2.26. The number of halogens is 4. The molecule has 2 amide bonds. The molecule has 13 heteroatoms. The topological polar surface area (TPSA) is 110 Å². The van der Waals surface area contributed by atoms with Crippen molar-refractivity contribution in [3.63, 3.8) is 0 Å². The van der Waals surface area contributed by atoms with Crippen LogP contribution >= 0.6 is 0 Å². The number of amides is 2. The zero-order valence-electron chi connectivity index (χ0n) is 20.6. The number of carbonyl (C=O) groups excluding carboxylic acids is 1. The zero-order valence-corrected chi connectivity index (χ0v) is 20.6. The molecule has 0 spiro atoms. The molecular weight excluding hydrogens is 518 g/mol. The maximum atomic E-state index is 14.0. The van der Waals surface area contributed by atoms with Crippen molar-refractivity contribution in [3.8, 4) is 11.1 Å². The van der Waals surface area contributed by atoms with Gasteiger partial charge in [0.2, 0.25) is 0 Å². The minimum atomic E-state index is -4.67. The van der Waals surface area contributed by atoms with Crippen LogP contribution in [0.1, 0.15) is 17.7 Å². The first-order valence-electron chi connectivity index (χ1n) is 12.2. The quantitative estimate of drug-likeness (QED) is 0.306. The van der Waals surface area contributed by atoms with Crippen LogP contribution in [0.25, 0.3) is 16.6 Å². The average molecular weight is 544 g/mol. The van der Waals surface area contributed by atoms with Gasteiger partial charge in [-0.25, -0.2) is 18.7 Å². The average Bonchev–Trinajstić information content (AvgIpc) is 3.06. The lowest BCUT2D eigenvalue weighted by atomic mass is 10.1. The number of rotatable bonds is 5. The maximum Gasteiger partial charge on any atom is 0.416 e. The molecule has 3 heterocycles. The summed E-state index contributed by atoms with van der Waals surface area (Å²) in [7, 11) is 0. The Morgan fingerprint density at radius 1 is 1.05 bits per heavy atom. The molecule has 39 heavy (non-hydrogen) atoms. The van der Waals surface area contributed by atoms with E-state index in [9.17, 15) is 22.4 Å². The van der Waals surface area contributed by atoms with Gasteiger partial charge in [-0.3, -0.25) is 4.90 Å². The van der Waals surface area contributed by atoms with E-state index in [0.29, 0.717) is 48.4 Å². The predicted octanol–water partition coefficient (Wildman–Crippen LogP) is 5.00. The van der Waals surface area contributed by atoms with E-state index in [1.54, 1.807) is 28.8 Å². The van der Waals surface area contributed by atoms with Crippen molar-refractivity contribution in [2.45, 2.75) is 19.1 Å². The van der Waals surface area contributed by atoms with Crippen LogP contribution in [0.2, 0.25) is 0 Å². The van der Waals surface area contributed by atoms with Crippen LogP contribution < -0.4 is 16.4 Å². The van der Waals surface area contributed by atoms with Gasteiger partial charge in [0.15, 0.2) is 5.82 Å². The Morgan fingerprint density at radius 2 is 1.85 bits per heavy atom. The number of ether oxygens (including phenoxy) is 1. The Bertz CT molecular complexity index is 1480. The van der Waals surface area contributed by atoms with E-state index in [-0.39, 0.29) is 0 Å². The van der Waals surface area contributed by atoms with Crippen molar-refractivity contribution >= 4 is 28.7 Å². The lowest BCUT2D eigenvalue weighted by molar-refractivity contribution is -0.137. The van der Waals surface area contributed by atoms with Gasteiger partial charge in [0, 0.05) is 37.5 Å². The van der Waals surface area contributed by atoms with Gasteiger partial charge >= 0.3 is 12.2 Å². The molecule has 0 bridgehead atoms. The van der Waals surface area contributed by atoms with Crippen molar-refractivity contribution < 1.29 is 27.1 Å². The molecule has 9 nitrogen and oxygen atoms in total. The summed E-state index contributed by atoms with van der Waals surface area (Å²) in [6.45, 7) is 3.74. The number of alkyl halides is 3. The normalized spacial score (nSPS) is 14.8. The summed E-state index contributed by atoms with van der Waals surface area (Å²) in [6, 6.07) is 9.65. The Labute approximate surface area is 220 Å². The van der Waals surface area contributed by atoms with Crippen LogP contribution in [0, 0.1) is 5.82 Å². The fourth-order valence-electron chi connectivity index (χ4n) is 4.47. The van der Waals surface area contributed by atoms with E-state index in [4.69, 9.17) is 10.5 Å². The molecule has 5 rings (SSSR count). The molecule has 2 aromatic carbocycles. The lowest BCUT2D eigenvalue weighted by Gasteiger charge is -2.18. The number of nitrogens with two attached hydrogens (primary N) is 1. The maximum absolute atomic E-state index is 14.0. The van der Waals surface area contributed by atoms with E-state index in [2.05, 4.69) is 25.6 Å². The van der Waals surface area contributed by atoms with Gasteiger partial charge in [0.1, 0.15) is 17.7 Å². The third kappa shape index (κ3) is 5.94. The molecule has 204 valence electrons. The number of hydrogen-bond donors (Lipinski definition) is 3. The SMILES string of the molecule is Nc1ncnn2c(CN3CCCOCC3)cc(-c3ccc(NC(=O)Nc4cc(C(F)(F)F)ccc4F)cc3)c12. The van der Waals surface area contributed by atoms with Gasteiger partial charge in [-0.15, -0.1) is 0 Å². The van der Waals surface area contributed by atoms with Gasteiger partial charge < -0.3 is 21.1 Å². The fraction of sp³-hybridized carbons (Fsp3) is 0.269. The monoisotopic (exact) mass is 543 g/mol. The Hall–Kier alpha value is -4.23. The van der Waals surface area contributed by atoms with Crippen molar-refractivity contribution in [1.82, 2.24) is 19.5 Å². The second-order valence-electron chi connectivity index (χ2n) is 9.05. The van der Waals surface area contributed by atoms with E-state index in [0.717, 1.165) is 42.9 Å². The second kappa shape index (κ2) is 10.9. The van der Waals surface area contributed by atoms with E-state index in [1.807, 2.05) is 6.07 Å². The minimum Gasteiger partial charge on any atom is -0.382 e. The molecule has 0 saturated carbocycles. The zero-order chi connectivity index (χ0) is 27.6. The predicted molar refractivity (Wildman–Crippen MR) is 138 cm³/mol. The molecule has 4 aromatic rings. The highest BCUT2D eigenvalue weighted by atomic mass is 19.4. The smallest absolute Gasteiger partial charge is 0.382 e. The molecule has 0 unspecified atom stereocenters. The van der Waals surface area contributed by atoms with Crippen LogP contribution in [0.5, 0.6) is 0 Å². The number of anilines is 3. The third-order valence-corrected chi connectivity index (χ3v) is 6.35. The molecule has 4 N–H and O–H groups in total. The fourth-order valence-corrected chi connectivity index (χ4v) is 4.47. The first-order chi connectivity index (χ1) is 18.7. The van der Waals surface area contributed by atoms with Gasteiger partial charge in [-0.1, -0.05) is 12.1 Å². The Kier molecular flexibility index (Phi) is 7.35. The van der Waals surface area contributed by atoms with Crippen LogP contribution in [-0.2, 0) is 17.5 Å². The van der Waals surface area contributed by atoms with Crippen molar-refractivity contribution in [3.05, 3.63) is 71.9 Å². The van der Waals surface area contributed by atoms with E-state index in [1.165, 1.54) is 6.33 Å². The summed E-state index contributed by atoms with van der Waals surface area (Å²) in [5, 5.41) is 9.02. The summed E-state index contributed by atoms with van der Waals surface area (Å²) in [6.07, 6.45) is -2.33. The third-order valence-electron chi connectivity index (χ3n) is 6.35. The number of fused-ring (bicyclic) bond motifs is 1. The first-order valence-corrected chi connectivity index (χ1v) is 12.2. The Balaban J connectivity index is 1.34. The summed E-state index contributed by atoms with van der Waals surface area (Å²) in [4.78, 5) is 18.8. The molecule has 1 aliphatic rings. The van der Waals surface area contributed by atoms with Crippen LogP contribution in [0.15, 0.2) is 54.9 Å². The Morgan fingerprint density at radius 3 is 2.62 bits per heavy atom. The molecule has 0 aliphatic carbocycles. The number of nitrogens with zero attached hydrogens (tertiary/aromatic N) is 4. The summed E-state index contributed by atoms with van der Waals surface area (Å²) < 4.78 is 60.1.